The number of halogens is 3. The van der Waals surface area contributed by atoms with Gasteiger partial charge in [-0.15, -0.1) is 0 Å². The quantitative estimate of drug-likeness (QED) is 0.356. The summed E-state index contributed by atoms with van der Waals surface area (Å²) in [4.78, 5) is 0. The average Bonchev–Trinajstić information content (AvgIpc) is 2.56. The van der Waals surface area contributed by atoms with Gasteiger partial charge in [0.05, 0.1) is 0 Å². The predicted octanol–water partition coefficient (Wildman–Crippen LogP) is 7.13. The molecule has 0 bridgehead atoms. The highest BCUT2D eigenvalue weighted by molar-refractivity contribution is 4.98. The van der Waals surface area contributed by atoms with E-state index in [0.717, 1.165) is 57.8 Å². The van der Waals surface area contributed by atoms with Gasteiger partial charge in [0, 0.05) is 0 Å². The van der Waals surface area contributed by atoms with Crippen LogP contribution in [0.3, 0.4) is 0 Å². The van der Waals surface area contributed by atoms with Gasteiger partial charge >= 0.3 is 12.1 Å². The molecule has 2 saturated carbocycles. The van der Waals surface area contributed by atoms with Gasteiger partial charge in [-0.3, -0.25) is 0 Å². The van der Waals surface area contributed by atoms with Gasteiger partial charge in [0.1, 0.15) is 5.60 Å². The maximum absolute atomic E-state index is 13.7. The second kappa shape index (κ2) is 8.98. The fourth-order valence-corrected chi connectivity index (χ4v) is 4.70. The molecule has 134 valence electrons. The lowest BCUT2D eigenvalue weighted by Crippen LogP contribution is -2.45. The van der Waals surface area contributed by atoms with Crippen LogP contribution >= 0.6 is 0 Å². The van der Waals surface area contributed by atoms with E-state index >= 15 is 0 Å². The minimum Gasteiger partial charge on any atom is -0.460 e. The Labute approximate surface area is 138 Å². The molecule has 2 aliphatic rings. The van der Waals surface area contributed by atoms with Gasteiger partial charge in [-0.05, 0) is 43.9 Å². The molecule has 2 atom stereocenters. The van der Waals surface area contributed by atoms with E-state index in [-0.39, 0.29) is 5.92 Å². The Balaban J connectivity index is 2.10. The Morgan fingerprint density at radius 3 is 2.39 bits per heavy atom. The van der Waals surface area contributed by atoms with E-state index in [1.54, 1.807) is 0 Å². The Morgan fingerprint density at radius 2 is 1.74 bits per heavy atom. The predicted molar refractivity (Wildman–Crippen MR) is 86.8 cm³/mol. The number of ether oxygens (including phenoxy) is 1. The van der Waals surface area contributed by atoms with Crippen LogP contribution in [-0.2, 0) is 4.74 Å². The summed E-state index contributed by atoms with van der Waals surface area (Å²) < 4.78 is 44.3. The van der Waals surface area contributed by atoms with Crippen LogP contribution in [0.4, 0.5) is 13.2 Å². The van der Waals surface area contributed by atoms with Crippen LogP contribution in [0.5, 0.6) is 0 Å². The Hall–Kier alpha value is -0.670. The molecule has 0 saturated heterocycles. The smallest absolute Gasteiger partial charge is 0.342 e. The molecule has 0 aliphatic heterocycles. The lowest BCUT2D eigenvalue weighted by atomic mass is 9.66. The summed E-state index contributed by atoms with van der Waals surface area (Å²) in [5.74, 6) is 0.725. The highest BCUT2D eigenvalue weighted by Crippen LogP contribution is 2.48. The van der Waals surface area contributed by atoms with Gasteiger partial charge in [0.2, 0.25) is 0 Å². The first-order valence-corrected chi connectivity index (χ1v) is 9.47. The molecule has 2 fully saturated rings. The first kappa shape index (κ1) is 18.7. The average molecular weight is 332 g/mol. The van der Waals surface area contributed by atoms with E-state index in [1.807, 2.05) is 0 Å². The zero-order valence-corrected chi connectivity index (χ0v) is 14.4. The summed E-state index contributed by atoms with van der Waals surface area (Å²) >= 11 is 0. The molecule has 0 unspecified atom stereocenters. The third-order valence-electron chi connectivity index (χ3n) is 5.85. The van der Waals surface area contributed by atoms with Crippen molar-refractivity contribution < 1.29 is 17.9 Å². The lowest BCUT2D eigenvalue weighted by Gasteiger charge is -2.47. The molecule has 0 amide bonds. The van der Waals surface area contributed by atoms with E-state index < -0.39 is 17.7 Å². The minimum absolute atomic E-state index is 0.232. The SMILES string of the molecule is CCCCC[C@H]1CCC[C@](OC(F)=C(F)F)(C2CCCCC2)C1. The normalized spacial score (nSPS) is 29.3. The van der Waals surface area contributed by atoms with Crippen molar-refractivity contribution in [3.8, 4) is 0 Å². The first-order valence-electron chi connectivity index (χ1n) is 9.47. The van der Waals surface area contributed by atoms with Gasteiger partial charge in [0.15, 0.2) is 0 Å². The lowest BCUT2D eigenvalue weighted by molar-refractivity contribution is -0.121. The molecule has 23 heavy (non-hydrogen) atoms. The zero-order valence-electron chi connectivity index (χ0n) is 14.4. The van der Waals surface area contributed by atoms with Crippen molar-refractivity contribution in [2.75, 3.05) is 0 Å². The molecule has 0 N–H and O–H groups in total. The molecule has 2 aliphatic carbocycles. The van der Waals surface area contributed by atoms with Crippen molar-refractivity contribution >= 4 is 0 Å². The fraction of sp³-hybridized carbons (Fsp3) is 0.895. The summed E-state index contributed by atoms with van der Waals surface area (Å²) in [6.45, 7) is 2.18. The van der Waals surface area contributed by atoms with E-state index in [1.165, 1.54) is 25.7 Å². The van der Waals surface area contributed by atoms with Crippen molar-refractivity contribution in [1.29, 1.82) is 0 Å². The zero-order chi connectivity index (χ0) is 16.7. The van der Waals surface area contributed by atoms with Crippen molar-refractivity contribution in [2.45, 2.75) is 96.0 Å². The summed E-state index contributed by atoms with van der Waals surface area (Å²) in [6, 6.07) is -1.63. The number of unbranched alkanes of at least 4 members (excludes halogenated alkanes) is 2. The Morgan fingerprint density at radius 1 is 1.00 bits per heavy atom. The Kier molecular flexibility index (Phi) is 7.29. The molecule has 0 radical (unpaired) electrons. The maximum Gasteiger partial charge on any atom is 0.342 e. The van der Waals surface area contributed by atoms with Crippen LogP contribution in [-0.4, -0.2) is 5.60 Å². The molecule has 4 heteroatoms. The minimum atomic E-state index is -2.31. The molecular weight excluding hydrogens is 301 g/mol. The van der Waals surface area contributed by atoms with Crippen LogP contribution in [0.25, 0.3) is 0 Å². The highest BCUT2D eigenvalue weighted by atomic mass is 19.3. The standard InChI is InChI=1S/C19H31F3O/c1-2-3-5-9-15-10-8-13-19(14-15,23-18(22)17(20)21)16-11-6-4-7-12-16/h15-16H,2-14H2,1H3/t15-,19+/m0/s1. The summed E-state index contributed by atoms with van der Waals surface area (Å²) in [5.41, 5.74) is -0.691. The van der Waals surface area contributed by atoms with Crippen molar-refractivity contribution in [3.63, 3.8) is 0 Å². The number of hydrogen-bond acceptors (Lipinski definition) is 1. The van der Waals surface area contributed by atoms with E-state index in [2.05, 4.69) is 6.92 Å². The number of hydrogen-bond donors (Lipinski definition) is 0. The maximum atomic E-state index is 13.7. The van der Waals surface area contributed by atoms with Gasteiger partial charge in [-0.1, -0.05) is 58.3 Å². The van der Waals surface area contributed by atoms with E-state index in [0.29, 0.717) is 5.92 Å². The molecule has 2 rings (SSSR count). The van der Waals surface area contributed by atoms with Crippen LogP contribution in [0.2, 0.25) is 0 Å². The molecule has 0 aromatic rings. The molecule has 0 aromatic heterocycles. The van der Waals surface area contributed by atoms with Gasteiger partial charge < -0.3 is 4.74 Å². The van der Waals surface area contributed by atoms with E-state index in [4.69, 9.17) is 4.74 Å². The van der Waals surface area contributed by atoms with Gasteiger partial charge in [-0.25, -0.2) is 0 Å². The van der Waals surface area contributed by atoms with Gasteiger partial charge in [-0.2, -0.15) is 13.2 Å². The molecular formula is C19H31F3O. The monoisotopic (exact) mass is 332 g/mol. The van der Waals surface area contributed by atoms with Crippen molar-refractivity contribution in [1.82, 2.24) is 0 Å². The second-order valence-electron chi connectivity index (χ2n) is 7.49. The molecule has 1 nitrogen and oxygen atoms in total. The van der Waals surface area contributed by atoms with Crippen LogP contribution in [0.1, 0.15) is 90.4 Å². The van der Waals surface area contributed by atoms with Crippen LogP contribution < -0.4 is 0 Å². The first-order chi connectivity index (χ1) is 11.1. The third-order valence-corrected chi connectivity index (χ3v) is 5.85. The summed E-state index contributed by atoms with van der Waals surface area (Å²) in [5, 5.41) is 0. The highest BCUT2D eigenvalue weighted by Gasteiger charge is 2.46. The topological polar surface area (TPSA) is 9.23 Å². The summed E-state index contributed by atoms with van der Waals surface area (Å²) in [7, 11) is 0. The van der Waals surface area contributed by atoms with Crippen molar-refractivity contribution in [2.24, 2.45) is 11.8 Å². The fourth-order valence-electron chi connectivity index (χ4n) is 4.70. The van der Waals surface area contributed by atoms with Crippen LogP contribution in [0.15, 0.2) is 12.1 Å². The Bertz CT molecular complexity index is 386. The van der Waals surface area contributed by atoms with Crippen LogP contribution in [0, 0.1) is 11.8 Å². The molecule has 0 aromatic carbocycles. The summed E-state index contributed by atoms with van der Waals surface area (Å²) in [6.07, 6.45) is 11.3. The van der Waals surface area contributed by atoms with Gasteiger partial charge in [0.25, 0.3) is 0 Å². The van der Waals surface area contributed by atoms with E-state index in [9.17, 15) is 13.2 Å². The second-order valence-corrected chi connectivity index (χ2v) is 7.49. The molecule has 0 heterocycles. The van der Waals surface area contributed by atoms with Crippen molar-refractivity contribution in [3.05, 3.63) is 12.1 Å². The largest absolute Gasteiger partial charge is 0.460 e. The number of rotatable bonds is 7. The molecule has 0 spiro atoms. The third kappa shape index (κ3) is 5.15.